The normalized spacial score (nSPS) is 21.6. The summed E-state index contributed by atoms with van der Waals surface area (Å²) in [5, 5.41) is 1.84. The van der Waals surface area contributed by atoms with Gasteiger partial charge in [-0.15, -0.1) is 11.8 Å². The van der Waals surface area contributed by atoms with Gasteiger partial charge in [0.2, 0.25) is 18.0 Å². The first-order valence-electron chi connectivity index (χ1n) is 14.2. The Morgan fingerprint density at radius 3 is 2.76 bits per heavy atom. The topological polar surface area (TPSA) is 126 Å². The van der Waals surface area contributed by atoms with Crippen molar-refractivity contribution in [1.82, 2.24) is 9.58 Å². The van der Waals surface area contributed by atoms with E-state index >= 15 is 4.39 Å². The van der Waals surface area contributed by atoms with Gasteiger partial charge in [0.25, 0.3) is 5.91 Å². The Balaban J connectivity index is 1.43. The Morgan fingerprint density at radius 2 is 1.96 bits per heavy atom. The van der Waals surface area contributed by atoms with E-state index in [0.29, 0.717) is 5.57 Å². The molecule has 3 aliphatic heterocycles. The van der Waals surface area contributed by atoms with Gasteiger partial charge in [-0.1, -0.05) is 18.2 Å². The smallest absolute Gasteiger partial charge is 0.466 e. The number of amides is 1. The highest BCUT2D eigenvalue weighted by Crippen LogP contribution is 2.49. The van der Waals surface area contributed by atoms with E-state index in [9.17, 15) is 23.6 Å². The number of hydrogen-bond acceptors (Lipinski definition) is 11. The molecule has 45 heavy (non-hydrogen) atoms. The Bertz CT molecular complexity index is 1680. The first kappa shape index (κ1) is 30.6. The third-order valence-electron chi connectivity index (χ3n) is 8.03. The molecular formula is C30H29F2N3O9S. The second-order valence-electron chi connectivity index (χ2n) is 10.5. The van der Waals surface area contributed by atoms with Crippen LogP contribution in [0, 0.1) is 0 Å². The minimum atomic E-state index is -1.26. The summed E-state index contributed by atoms with van der Waals surface area (Å²) in [4.78, 5) is 53.2. The maximum absolute atomic E-state index is 15.4. The third-order valence-corrected chi connectivity index (χ3v) is 9.14. The summed E-state index contributed by atoms with van der Waals surface area (Å²) in [6.45, 7) is 1.01. The van der Waals surface area contributed by atoms with Crippen molar-refractivity contribution >= 4 is 29.8 Å². The number of nitrogens with zero attached hydrogens (tertiary/aromatic N) is 3. The number of fused-ring (bicyclic) bond motifs is 3. The van der Waals surface area contributed by atoms with Gasteiger partial charge in [-0.25, -0.2) is 18.4 Å². The lowest BCUT2D eigenvalue weighted by molar-refractivity contribution is -0.151. The molecule has 2 aromatic rings. The van der Waals surface area contributed by atoms with Crippen molar-refractivity contribution in [2.75, 3.05) is 44.4 Å². The van der Waals surface area contributed by atoms with Crippen LogP contribution in [0.1, 0.15) is 41.9 Å². The number of benzene rings is 1. The summed E-state index contributed by atoms with van der Waals surface area (Å²) in [6, 6.07) is 8.07. The van der Waals surface area contributed by atoms with Crippen LogP contribution < -0.4 is 15.2 Å². The van der Waals surface area contributed by atoms with Crippen LogP contribution in [-0.4, -0.2) is 79.3 Å². The molecule has 0 saturated carbocycles. The lowest BCUT2D eigenvalue weighted by Crippen LogP contribution is -2.66. The molecule has 0 bridgehead atoms. The maximum Gasteiger partial charge on any atom is 0.512 e. The van der Waals surface area contributed by atoms with E-state index in [1.165, 1.54) is 35.6 Å². The number of methoxy groups -OCH3 is 1. The van der Waals surface area contributed by atoms with Crippen molar-refractivity contribution in [3.05, 3.63) is 80.8 Å². The van der Waals surface area contributed by atoms with E-state index in [4.69, 9.17) is 18.9 Å². The molecule has 15 heteroatoms. The number of halogens is 2. The molecule has 1 fully saturated rings. The molecule has 4 heterocycles. The molecule has 1 aliphatic carbocycles. The monoisotopic (exact) mass is 645 g/mol. The predicted molar refractivity (Wildman–Crippen MR) is 155 cm³/mol. The van der Waals surface area contributed by atoms with Crippen LogP contribution in [0.5, 0.6) is 5.75 Å². The van der Waals surface area contributed by atoms with E-state index in [1.54, 1.807) is 4.90 Å². The fraction of sp³-hybridized carbons (Fsp3) is 0.400. The standard InChI is InChI=1S/C30H29F2N3O9S/c1-16(29(38)40-2)44-30(39)43-15-42-27-21(36)9-10-34-26(27)28(37)33-11-12-41-13-23(33)35(34)25-17-7-8-20(31)24(32)19(17)14-45-22-6-4-3-5-18(22)25/h3-6,9-10,16,23,25H,7-8,11-15H2,1-2H3/t16?,23-,25+/m1/s1. The fourth-order valence-corrected chi connectivity index (χ4v) is 7.07. The summed E-state index contributed by atoms with van der Waals surface area (Å²) in [7, 11) is 1.13. The molecule has 1 unspecified atom stereocenters. The molecule has 1 amide bonds. The van der Waals surface area contributed by atoms with Gasteiger partial charge in [-0.2, -0.15) is 0 Å². The van der Waals surface area contributed by atoms with E-state index in [1.807, 2.05) is 29.3 Å². The van der Waals surface area contributed by atoms with Crippen molar-refractivity contribution in [2.24, 2.45) is 0 Å². The highest BCUT2D eigenvalue weighted by atomic mass is 32.2. The molecule has 1 aromatic carbocycles. The largest absolute Gasteiger partial charge is 0.512 e. The number of carbonyl (C=O) groups is 3. The number of carbonyl (C=O) groups excluding carboxylic acids is 3. The molecule has 6 rings (SSSR count). The minimum absolute atomic E-state index is 0.112. The number of esters is 1. The van der Waals surface area contributed by atoms with Crippen LogP contribution in [0.25, 0.3) is 0 Å². The molecule has 3 atom stereocenters. The van der Waals surface area contributed by atoms with E-state index < -0.39 is 66.0 Å². The van der Waals surface area contributed by atoms with Crippen molar-refractivity contribution < 1.29 is 46.8 Å². The average Bonchev–Trinajstić information content (AvgIpc) is 3.21. The Kier molecular flexibility index (Phi) is 8.55. The zero-order chi connectivity index (χ0) is 31.8. The van der Waals surface area contributed by atoms with Crippen LogP contribution in [-0.2, 0) is 23.7 Å². The van der Waals surface area contributed by atoms with Crippen LogP contribution in [0.3, 0.4) is 0 Å². The molecule has 1 saturated heterocycles. The van der Waals surface area contributed by atoms with Gasteiger partial charge in [-0.3, -0.25) is 19.3 Å². The number of aromatic nitrogens is 1. The van der Waals surface area contributed by atoms with Gasteiger partial charge in [0.05, 0.1) is 26.4 Å². The summed E-state index contributed by atoms with van der Waals surface area (Å²) in [5.74, 6) is -3.18. The molecule has 0 radical (unpaired) electrons. The molecule has 0 N–H and O–H groups in total. The van der Waals surface area contributed by atoms with Crippen LogP contribution in [0.15, 0.2) is 69.0 Å². The van der Waals surface area contributed by atoms with Crippen LogP contribution in [0.2, 0.25) is 0 Å². The molecule has 1 aromatic heterocycles. The summed E-state index contributed by atoms with van der Waals surface area (Å²) in [5.41, 5.74) is 0.934. The summed E-state index contributed by atoms with van der Waals surface area (Å²) >= 11 is 1.40. The second-order valence-corrected chi connectivity index (χ2v) is 11.5. The highest BCUT2D eigenvalue weighted by molar-refractivity contribution is 7.99. The van der Waals surface area contributed by atoms with E-state index in [2.05, 4.69) is 4.74 Å². The first-order valence-corrected chi connectivity index (χ1v) is 15.1. The minimum Gasteiger partial charge on any atom is -0.466 e. The Hall–Kier alpha value is -4.37. The third kappa shape index (κ3) is 5.54. The zero-order valence-corrected chi connectivity index (χ0v) is 25.1. The average molecular weight is 646 g/mol. The lowest BCUT2D eigenvalue weighted by Gasteiger charge is -2.52. The van der Waals surface area contributed by atoms with E-state index in [0.717, 1.165) is 17.6 Å². The zero-order valence-electron chi connectivity index (χ0n) is 24.3. The first-order chi connectivity index (χ1) is 21.7. The summed E-state index contributed by atoms with van der Waals surface area (Å²) in [6.07, 6.45) is -1.62. The van der Waals surface area contributed by atoms with Crippen molar-refractivity contribution in [3.63, 3.8) is 0 Å². The van der Waals surface area contributed by atoms with Gasteiger partial charge >= 0.3 is 12.1 Å². The lowest BCUT2D eigenvalue weighted by atomic mass is 9.86. The van der Waals surface area contributed by atoms with E-state index in [-0.39, 0.29) is 49.6 Å². The Morgan fingerprint density at radius 1 is 1.16 bits per heavy atom. The van der Waals surface area contributed by atoms with Crippen LogP contribution >= 0.6 is 11.8 Å². The number of rotatable bonds is 6. The number of morpholine rings is 1. The SMILES string of the molecule is COC(=O)C(C)OC(=O)OCOc1c2n(ccc1=O)N([C@H]1C3=C(CSc4ccccc41)C(F)=C(F)CC3)[C@@H]1COCCN1C2=O. The van der Waals surface area contributed by atoms with Crippen LogP contribution in [0.4, 0.5) is 13.6 Å². The predicted octanol–water partition coefficient (Wildman–Crippen LogP) is 3.74. The van der Waals surface area contributed by atoms with Gasteiger partial charge < -0.3 is 28.6 Å². The Labute approximate surface area is 260 Å². The van der Waals surface area contributed by atoms with Gasteiger partial charge in [0.1, 0.15) is 12.0 Å². The molecule has 12 nitrogen and oxygen atoms in total. The number of allylic oxidation sites excluding steroid dienone is 2. The highest BCUT2D eigenvalue weighted by Gasteiger charge is 2.47. The van der Waals surface area contributed by atoms with Crippen molar-refractivity contribution in [3.8, 4) is 5.75 Å². The maximum atomic E-state index is 15.4. The summed E-state index contributed by atoms with van der Waals surface area (Å²) < 4.78 is 57.1. The van der Waals surface area contributed by atoms with Gasteiger partial charge in [0, 0.05) is 41.5 Å². The second kappa shape index (κ2) is 12.6. The number of thioether (sulfide) groups is 1. The number of pyridine rings is 1. The molecular weight excluding hydrogens is 616 g/mol. The van der Waals surface area contributed by atoms with Crippen molar-refractivity contribution in [1.29, 1.82) is 0 Å². The number of hydrogen-bond donors (Lipinski definition) is 0. The molecule has 4 aliphatic rings. The molecule has 0 spiro atoms. The van der Waals surface area contributed by atoms with Crippen molar-refractivity contribution in [2.45, 2.75) is 43.0 Å². The van der Waals surface area contributed by atoms with Gasteiger partial charge in [0.15, 0.2) is 17.6 Å². The fourth-order valence-electron chi connectivity index (χ4n) is 5.93. The molecule has 238 valence electrons. The quantitative estimate of drug-likeness (QED) is 0.337. The van der Waals surface area contributed by atoms with Gasteiger partial charge in [-0.05, 0) is 30.5 Å². The number of ether oxygens (including phenoxy) is 5.